The number of aromatic carboxylic acids is 1. The van der Waals surface area contributed by atoms with Crippen molar-refractivity contribution < 1.29 is 19.4 Å². The topological polar surface area (TPSA) is 75.6 Å². The van der Waals surface area contributed by atoms with Gasteiger partial charge in [0.15, 0.2) is 0 Å². The van der Waals surface area contributed by atoms with Gasteiger partial charge in [-0.15, -0.1) is 0 Å². The van der Waals surface area contributed by atoms with Crippen LogP contribution in [-0.2, 0) is 9.53 Å². The van der Waals surface area contributed by atoms with E-state index in [2.05, 4.69) is 10.1 Å². The maximum Gasteiger partial charge on any atom is 0.337 e. The van der Waals surface area contributed by atoms with Crippen molar-refractivity contribution in [2.24, 2.45) is 0 Å². The van der Waals surface area contributed by atoms with Crippen LogP contribution in [0.1, 0.15) is 10.4 Å². The van der Waals surface area contributed by atoms with Crippen molar-refractivity contribution in [3.05, 3.63) is 28.8 Å². The third-order valence-corrected chi connectivity index (χ3v) is 2.10. The maximum atomic E-state index is 10.9. The van der Waals surface area contributed by atoms with E-state index in [1.165, 1.54) is 25.3 Å². The average Bonchev–Trinajstić information content (AvgIpc) is 2.26. The molecule has 0 aromatic heterocycles. The predicted octanol–water partition coefficient (Wildman–Crippen LogP) is 1.62. The molecule has 0 spiro atoms. The van der Waals surface area contributed by atoms with Gasteiger partial charge in [-0.3, -0.25) is 4.79 Å². The van der Waals surface area contributed by atoms with E-state index < -0.39 is 11.9 Å². The zero-order chi connectivity index (χ0) is 12.1. The van der Waals surface area contributed by atoms with Gasteiger partial charge in [0.1, 0.15) is 6.54 Å². The van der Waals surface area contributed by atoms with E-state index in [-0.39, 0.29) is 12.1 Å². The first-order valence-electron chi connectivity index (χ1n) is 4.38. The Morgan fingerprint density at radius 3 is 2.75 bits per heavy atom. The van der Waals surface area contributed by atoms with E-state index in [0.717, 1.165) is 0 Å². The van der Waals surface area contributed by atoms with Crippen molar-refractivity contribution in [3.8, 4) is 0 Å². The zero-order valence-electron chi connectivity index (χ0n) is 8.49. The summed E-state index contributed by atoms with van der Waals surface area (Å²) in [5.41, 5.74) is 0.332. The average molecular weight is 244 g/mol. The molecule has 0 amide bonds. The molecule has 86 valence electrons. The molecule has 0 aliphatic carbocycles. The Kier molecular flexibility index (Phi) is 4.13. The molecule has 1 aromatic rings. The first-order valence-corrected chi connectivity index (χ1v) is 4.76. The third kappa shape index (κ3) is 3.13. The molecular formula is C10H10ClNO4. The van der Waals surface area contributed by atoms with Crippen molar-refractivity contribution in [2.45, 2.75) is 0 Å². The number of carboxylic acid groups (broad SMARTS) is 1. The second-order valence-electron chi connectivity index (χ2n) is 2.92. The van der Waals surface area contributed by atoms with Crippen molar-refractivity contribution in [1.29, 1.82) is 0 Å². The lowest BCUT2D eigenvalue weighted by Gasteiger charge is -2.08. The molecular weight excluding hydrogens is 234 g/mol. The molecule has 0 aliphatic heterocycles. The van der Waals surface area contributed by atoms with Gasteiger partial charge in [-0.2, -0.15) is 0 Å². The van der Waals surface area contributed by atoms with Crippen LogP contribution >= 0.6 is 11.6 Å². The van der Waals surface area contributed by atoms with Gasteiger partial charge in [0.2, 0.25) is 0 Å². The summed E-state index contributed by atoms with van der Waals surface area (Å²) in [5.74, 6) is -1.60. The normalized spacial score (nSPS) is 9.62. The SMILES string of the molecule is COC(=O)CNc1ccc(Cl)cc1C(=O)O. The minimum Gasteiger partial charge on any atom is -0.478 e. The number of hydrogen-bond acceptors (Lipinski definition) is 4. The smallest absolute Gasteiger partial charge is 0.337 e. The van der Waals surface area contributed by atoms with Crippen LogP contribution in [0.2, 0.25) is 5.02 Å². The molecule has 0 unspecified atom stereocenters. The highest BCUT2D eigenvalue weighted by molar-refractivity contribution is 6.31. The van der Waals surface area contributed by atoms with Gasteiger partial charge in [-0.25, -0.2) is 4.79 Å². The number of carbonyl (C=O) groups is 2. The number of carboxylic acids is 1. The van der Waals surface area contributed by atoms with Crippen LogP contribution in [-0.4, -0.2) is 30.7 Å². The van der Waals surface area contributed by atoms with E-state index in [9.17, 15) is 9.59 Å². The summed E-state index contributed by atoms with van der Waals surface area (Å²) in [5, 5.41) is 11.9. The van der Waals surface area contributed by atoms with Gasteiger partial charge in [0.05, 0.1) is 12.7 Å². The zero-order valence-corrected chi connectivity index (χ0v) is 9.25. The molecule has 0 saturated carbocycles. The molecule has 0 radical (unpaired) electrons. The molecule has 0 saturated heterocycles. The summed E-state index contributed by atoms with van der Waals surface area (Å²) < 4.78 is 4.42. The molecule has 5 nitrogen and oxygen atoms in total. The molecule has 0 aliphatic rings. The van der Waals surface area contributed by atoms with Crippen molar-refractivity contribution in [2.75, 3.05) is 19.0 Å². The minimum absolute atomic E-state index is 0.0106. The van der Waals surface area contributed by atoms with Crippen molar-refractivity contribution in [3.63, 3.8) is 0 Å². The second kappa shape index (κ2) is 5.37. The number of anilines is 1. The van der Waals surface area contributed by atoms with Gasteiger partial charge in [-0.1, -0.05) is 11.6 Å². The fraction of sp³-hybridized carbons (Fsp3) is 0.200. The highest BCUT2D eigenvalue weighted by Gasteiger charge is 2.11. The molecule has 1 aromatic carbocycles. The number of hydrogen-bond donors (Lipinski definition) is 2. The van der Waals surface area contributed by atoms with E-state index >= 15 is 0 Å². The van der Waals surface area contributed by atoms with E-state index in [1.54, 1.807) is 0 Å². The summed E-state index contributed by atoms with van der Waals surface area (Å²) >= 11 is 5.67. The quantitative estimate of drug-likeness (QED) is 0.786. The molecule has 2 N–H and O–H groups in total. The first-order chi connectivity index (χ1) is 7.54. The van der Waals surface area contributed by atoms with E-state index in [0.29, 0.717) is 10.7 Å². The summed E-state index contributed by atoms with van der Waals surface area (Å²) in [7, 11) is 1.25. The number of methoxy groups -OCH3 is 1. The minimum atomic E-state index is -1.12. The summed E-state index contributed by atoms with van der Waals surface area (Å²) in [6.07, 6.45) is 0. The lowest BCUT2D eigenvalue weighted by Crippen LogP contribution is -2.16. The summed E-state index contributed by atoms with van der Waals surface area (Å²) in [4.78, 5) is 21.7. The highest BCUT2D eigenvalue weighted by Crippen LogP contribution is 2.20. The van der Waals surface area contributed by atoms with Crippen LogP contribution in [0.5, 0.6) is 0 Å². The molecule has 0 heterocycles. The molecule has 16 heavy (non-hydrogen) atoms. The summed E-state index contributed by atoms with van der Waals surface area (Å²) in [6, 6.07) is 4.34. The van der Waals surface area contributed by atoms with Gasteiger partial charge in [0.25, 0.3) is 0 Å². The van der Waals surface area contributed by atoms with E-state index in [1.807, 2.05) is 0 Å². The van der Waals surface area contributed by atoms with Gasteiger partial charge >= 0.3 is 11.9 Å². The first kappa shape index (κ1) is 12.3. The molecule has 6 heteroatoms. The Balaban J connectivity index is 2.87. The number of ether oxygens (including phenoxy) is 1. The van der Waals surface area contributed by atoms with Gasteiger partial charge in [-0.05, 0) is 18.2 Å². The van der Waals surface area contributed by atoms with Crippen LogP contribution in [0.4, 0.5) is 5.69 Å². The highest BCUT2D eigenvalue weighted by atomic mass is 35.5. The molecule has 1 rings (SSSR count). The van der Waals surface area contributed by atoms with Gasteiger partial charge in [0, 0.05) is 10.7 Å². The van der Waals surface area contributed by atoms with Crippen LogP contribution < -0.4 is 5.32 Å². The Morgan fingerprint density at radius 1 is 1.50 bits per heavy atom. The van der Waals surface area contributed by atoms with Crippen molar-refractivity contribution >= 4 is 29.2 Å². The fourth-order valence-electron chi connectivity index (χ4n) is 1.09. The predicted molar refractivity (Wildman–Crippen MR) is 58.9 cm³/mol. The third-order valence-electron chi connectivity index (χ3n) is 1.86. The molecule has 0 atom stereocenters. The number of rotatable bonds is 4. The lowest BCUT2D eigenvalue weighted by atomic mass is 10.2. The molecule has 0 bridgehead atoms. The monoisotopic (exact) mass is 243 g/mol. The number of nitrogens with one attached hydrogen (secondary N) is 1. The van der Waals surface area contributed by atoms with Crippen LogP contribution in [0.25, 0.3) is 0 Å². The Labute approximate surface area is 97.0 Å². The number of benzene rings is 1. The Hall–Kier alpha value is -1.75. The Morgan fingerprint density at radius 2 is 2.19 bits per heavy atom. The summed E-state index contributed by atoms with van der Waals surface area (Å²) in [6.45, 7) is -0.0988. The fourth-order valence-corrected chi connectivity index (χ4v) is 1.26. The molecule has 0 fully saturated rings. The number of carbonyl (C=O) groups excluding carboxylic acids is 1. The van der Waals surface area contributed by atoms with Crippen LogP contribution in [0, 0.1) is 0 Å². The van der Waals surface area contributed by atoms with Crippen LogP contribution in [0.3, 0.4) is 0 Å². The van der Waals surface area contributed by atoms with Crippen molar-refractivity contribution in [1.82, 2.24) is 0 Å². The van der Waals surface area contributed by atoms with Crippen LogP contribution in [0.15, 0.2) is 18.2 Å². The largest absolute Gasteiger partial charge is 0.478 e. The number of esters is 1. The van der Waals surface area contributed by atoms with Gasteiger partial charge < -0.3 is 15.2 Å². The standard InChI is InChI=1S/C10H10ClNO4/c1-16-9(13)5-12-8-3-2-6(11)4-7(8)10(14)15/h2-4,12H,5H2,1H3,(H,14,15). The Bertz CT molecular complexity index is 419. The lowest BCUT2D eigenvalue weighted by molar-refractivity contribution is -0.138. The van der Waals surface area contributed by atoms with E-state index in [4.69, 9.17) is 16.7 Å². The maximum absolute atomic E-state index is 10.9. The number of halogens is 1. The second-order valence-corrected chi connectivity index (χ2v) is 3.36.